The maximum absolute atomic E-state index is 14.1. The summed E-state index contributed by atoms with van der Waals surface area (Å²) in [6, 6.07) is 6.67. The number of hydrogen-bond donors (Lipinski definition) is 0. The molecule has 134 valence electrons. The quantitative estimate of drug-likeness (QED) is 0.859. The number of rotatable bonds is 3. The predicted molar refractivity (Wildman–Crippen MR) is 96.4 cm³/mol. The average molecular weight is 344 g/mol. The lowest BCUT2D eigenvalue weighted by Crippen LogP contribution is -2.50. The van der Waals surface area contributed by atoms with Crippen LogP contribution in [-0.4, -0.2) is 46.5 Å². The molecule has 1 aliphatic heterocycles. The highest BCUT2D eigenvalue weighted by atomic mass is 19.1. The number of piperazine rings is 1. The summed E-state index contributed by atoms with van der Waals surface area (Å²) >= 11 is 0. The van der Waals surface area contributed by atoms with Crippen molar-refractivity contribution < 1.29 is 9.18 Å². The van der Waals surface area contributed by atoms with E-state index in [-0.39, 0.29) is 17.1 Å². The number of aromatic nitrogens is 2. The minimum atomic E-state index is -0.277. The van der Waals surface area contributed by atoms with Gasteiger partial charge in [-0.2, -0.15) is 0 Å². The second kappa shape index (κ2) is 6.86. The number of anilines is 1. The van der Waals surface area contributed by atoms with Crippen LogP contribution in [-0.2, 0) is 4.79 Å². The normalized spacial score (nSPS) is 15.5. The van der Waals surface area contributed by atoms with Crippen LogP contribution in [0.4, 0.5) is 10.3 Å². The van der Waals surface area contributed by atoms with Crippen LogP contribution >= 0.6 is 0 Å². The van der Waals surface area contributed by atoms with Gasteiger partial charge in [0.15, 0.2) is 0 Å². The number of carbonyl (C=O) groups is 1. The molecule has 5 nitrogen and oxygen atoms in total. The summed E-state index contributed by atoms with van der Waals surface area (Å²) in [5.74, 6) is 0.637. The molecule has 0 N–H and O–H groups in total. The lowest BCUT2D eigenvalue weighted by molar-refractivity contribution is -0.133. The van der Waals surface area contributed by atoms with E-state index in [0.717, 1.165) is 0 Å². The van der Waals surface area contributed by atoms with Crippen LogP contribution in [0.25, 0.3) is 5.69 Å². The Morgan fingerprint density at radius 1 is 1.16 bits per heavy atom. The van der Waals surface area contributed by atoms with Crippen molar-refractivity contribution in [3.05, 3.63) is 42.5 Å². The molecule has 1 aromatic heterocycles. The van der Waals surface area contributed by atoms with Gasteiger partial charge in [0, 0.05) is 45.0 Å². The van der Waals surface area contributed by atoms with Crippen molar-refractivity contribution in [1.29, 1.82) is 0 Å². The van der Waals surface area contributed by atoms with E-state index < -0.39 is 0 Å². The summed E-state index contributed by atoms with van der Waals surface area (Å²) in [5, 5.41) is 0. The first kappa shape index (κ1) is 17.5. The van der Waals surface area contributed by atoms with Crippen molar-refractivity contribution >= 4 is 11.9 Å². The molecule has 6 heteroatoms. The average Bonchev–Trinajstić information content (AvgIpc) is 3.03. The van der Waals surface area contributed by atoms with Crippen LogP contribution in [0.2, 0.25) is 0 Å². The highest BCUT2D eigenvalue weighted by Crippen LogP contribution is 2.23. The second-order valence-corrected chi connectivity index (χ2v) is 7.65. The van der Waals surface area contributed by atoms with Gasteiger partial charge in [-0.25, -0.2) is 9.37 Å². The van der Waals surface area contributed by atoms with Crippen LogP contribution in [0.1, 0.15) is 27.2 Å². The van der Waals surface area contributed by atoms with Gasteiger partial charge in [-0.15, -0.1) is 0 Å². The Morgan fingerprint density at radius 3 is 2.48 bits per heavy atom. The molecule has 0 aliphatic carbocycles. The molecule has 0 atom stereocenters. The van der Waals surface area contributed by atoms with Gasteiger partial charge in [-0.05, 0) is 17.5 Å². The summed E-state index contributed by atoms with van der Waals surface area (Å²) in [5.41, 5.74) is 0.483. The fraction of sp³-hybridized carbons (Fsp3) is 0.474. The number of nitrogens with zero attached hydrogens (tertiary/aromatic N) is 4. The molecule has 0 spiro atoms. The first-order chi connectivity index (χ1) is 11.8. The highest BCUT2D eigenvalue weighted by Gasteiger charge is 2.26. The number of para-hydroxylation sites is 1. The summed E-state index contributed by atoms with van der Waals surface area (Å²) in [6.45, 7) is 8.95. The molecule has 0 saturated carbocycles. The molecule has 0 bridgehead atoms. The number of halogens is 1. The number of imidazole rings is 1. The summed E-state index contributed by atoms with van der Waals surface area (Å²) in [6.07, 6.45) is 4.00. The lowest BCUT2D eigenvalue weighted by Gasteiger charge is -2.36. The Labute approximate surface area is 148 Å². The van der Waals surface area contributed by atoms with Gasteiger partial charge in [0.2, 0.25) is 11.9 Å². The Hall–Kier alpha value is -2.37. The first-order valence-corrected chi connectivity index (χ1v) is 8.66. The van der Waals surface area contributed by atoms with E-state index in [1.807, 2.05) is 11.0 Å². The van der Waals surface area contributed by atoms with E-state index in [0.29, 0.717) is 44.2 Å². The molecule has 25 heavy (non-hydrogen) atoms. The Kier molecular flexibility index (Phi) is 4.79. The minimum Gasteiger partial charge on any atom is -0.339 e. The van der Waals surface area contributed by atoms with Crippen molar-refractivity contribution in [1.82, 2.24) is 14.5 Å². The molecule has 1 fully saturated rings. The molecular formula is C19H25FN4O. The molecule has 3 rings (SSSR count). The van der Waals surface area contributed by atoms with Gasteiger partial charge in [-0.3, -0.25) is 9.36 Å². The molecule has 1 amide bonds. The number of amides is 1. The predicted octanol–water partition coefficient (Wildman–Crippen LogP) is 3.10. The number of hydrogen-bond acceptors (Lipinski definition) is 3. The van der Waals surface area contributed by atoms with Crippen LogP contribution in [0.15, 0.2) is 36.7 Å². The Balaban J connectivity index is 1.70. The van der Waals surface area contributed by atoms with Gasteiger partial charge in [-0.1, -0.05) is 32.9 Å². The third kappa shape index (κ3) is 4.00. The maximum Gasteiger partial charge on any atom is 0.223 e. The molecule has 1 saturated heterocycles. The SMILES string of the molecule is CC(C)(C)CC(=O)N1CCN(c2nccn2-c2ccccc2F)CC1. The van der Waals surface area contributed by atoms with Crippen molar-refractivity contribution in [3.63, 3.8) is 0 Å². The van der Waals surface area contributed by atoms with E-state index in [2.05, 4.69) is 30.7 Å². The molecule has 0 unspecified atom stereocenters. The van der Waals surface area contributed by atoms with Gasteiger partial charge < -0.3 is 9.80 Å². The fourth-order valence-electron chi connectivity index (χ4n) is 3.09. The maximum atomic E-state index is 14.1. The van der Waals surface area contributed by atoms with Crippen molar-refractivity contribution in [2.45, 2.75) is 27.2 Å². The van der Waals surface area contributed by atoms with Crippen LogP contribution in [0.3, 0.4) is 0 Å². The molecule has 1 aliphatic rings. The van der Waals surface area contributed by atoms with Crippen LogP contribution in [0.5, 0.6) is 0 Å². The Bertz CT molecular complexity index is 742. The zero-order valence-electron chi connectivity index (χ0n) is 15.1. The van der Waals surface area contributed by atoms with Crippen LogP contribution < -0.4 is 4.90 Å². The monoisotopic (exact) mass is 344 g/mol. The smallest absolute Gasteiger partial charge is 0.223 e. The molecule has 1 aromatic carbocycles. The third-order valence-electron chi connectivity index (χ3n) is 4.33. The van der Waals surface area contributed by atoms with Gasteiger partial charge in [0.05, 0.1) is 5.69 Å². The highest BCUT2D eigenvalue weighted by molar-refractivity contribution is 5.77. The largest absolute Gasteiger partial charge is 0.339 e. The van der Waals surface area contributed by atoms with E-state index >= 15 is 0 Å². The summed E-state index contributed by atoms with van der Waals surface area (Å²) in [7, 11) is 0. The first-order valence-electron chi connectivity index (χ1n) is 8.66. The van der Waals surface area contributed by atoms with Gasteiger partial charge in [0.25, 0.3) is 0 Å². The molecule has 0 radical (unpaired) electrons. The Morgan fingerprint density at radius 2 is 1.84 bits per heavy atom. The number of benzene rings is 1. The minimum absolute atomic E-state index is 0.00465. The molecular weight excluding hydrogens is 319 g/mol. The number of carbonyl (C=O) groups excluding carboxylic acids is 1. The van der Waals surface area contributed by atoms with Crippen molar-refractivity contribution in [2.24, 2.45) is 5.41 Å². The second-order valence-electron chi connectivity index (χ2n) is 7.65. The van der Waals surface area contributed by atoms with Gasteiger partial charge in [0.1, 0.15) is 5.82 Å². The third-order valence-corrected chi connectivity index (χ3v) is 4.33. The van der Waals surface area contributed by atoms with Crippen molar-refractivity contribution in [2.75, 3.05) is 31.1 Å². The van der Waals surface area contributed by atoms with E-state index in [4.69, 9.17) is 0 Å². The fourth-order valence-corrected chi connectivity index (χ4v) is 3.09. The summed E-state index contributed by atoms with van der Waals surface area (Å²) < 4.78 is 15.9. The zero-order chi connectivity index (χ0) is 18.0. The topological polar surface area (TPSA) is 41.4 Å². The zero-order valence-corrected chi connectivity index (χ0v) is 15.1. The standard InChI is InChI=1S/C19H25FN4O/c1-19(2,3)14-17(25)22-10-12-23(13-11-22)18-21-8-9-24(18)16-7-5-4-6-15(16)20/h4-9H,10-14H2,1-3H3. The van der Waals surface area contributed by atoms with Gasteiger partial charge >= 0.3 is 0 Å². The van der Waals surface area contributed by atoms with E-state index in [9.17, 15) is 9.18 Å². The molecule has 2 heterocycles. The molecule has 2 aromatic rings. The van der Waals surface area contributed by atoms with Crippen LogP contribution in [0, 0.1) is 11.2 Å². The van der Waals surface area contributed by atoms with E-state index in [1.165, 1.54) is 6.07 Å². The summed E-state index contributed by atoms with van der Waals surface area (Å²) in [4.78, 5) is 20.8. The van der Waals surface area contributed by atoms with Crippen molar-refractivity contribution in [3.8, 4) is 5.69 Å². The van der Waals surface area contributed by atoms with E-state index in [1.54, 1.807) is 29.1 Å². The lowest BCUT2D eigenvalue weighted by atomic mass is 9.91.